The highest BCUT2D eigenvalue weighted by Crippen LogP contribution is 2.34. The van der Waals surface area contributed by atoms with E-state index in [1.165, 1.54) is 0 Å². The van der Waals surface area contributed by atoms with Gasteiger partial charge in [-0.25, -0.2) is 4.39 Å². The number of anilines is 2. The predicted molar refractivity (Wildman–Crippen MR) is 71.2 cm³/mol. The molecular formula is C12H18BrFN2. The van der Waals surface area contributed by atoms with Gasteiger partial charge in [0.05, 0.1) is 15.8 Å². The summed E-state index contributed by atoms with van der Waals surface area (Å²) < 4.78 is 14.1. The molecule has 0 spiro atoms. The lowest BCUT2D eigenvalue weighted by atomic mass is 9.97. The van der Waals surface area contributed by atoms with Gasteiger partial charge >= 0.3 is 0 Å². The van der Waals surface area contributed by atoms with E-state index >= 15 is 0 Å². The van der Waals surface area contributed by atoms with Crippen LogP contribution < -0.4 is 11.1 Å². The first kappa shape index (κ1) is 13.3. The molecule has 0 unspecified atom stereocenters. The van der Waals surface area contributed by atoms with Gasteiger partial charge in [0, 0.05) is 6.54 Å². The summed E-state index contributed by atoms with van der Waals surface area (Å²) in [6.07, 6.45) is 0. The maximum atomic E-state index is 13.6. The Kier molecular flexibility index (Phi) is 3.84. The highest BCUT2D eigenvalue weighted by Gasteiger charge is 2.15. The van der Waals surface area contributed by atoms with Crippen molar-refractivity contribution in [1.29, 1.82) is 0 Å². The van der Waals surface area contributed by atoms with E-state index in [0.717, 1.165) is 6.54 Å². The molecule has 0 bridgehead atoms. The minimum Gasteiger partial charge on any atom is -0.397 e. The number of halogens is 2. The molecule has 0 radical (unpaired) electrons. The van der Waals surface area contributed by atoms with Crippen molar-refractivity contribution in [2.75, 3.05) is 17.6 Å². The standard InChI is InChI=1S/C12H18BrFN2/c1-7-5-8(15)11(9(13)10(7)14)16-6-12(2,3)4/h5,16H,6,15H2,1-4H3. The zero-order valence-electron chi connectivity index (χ0n) is 10.1. The molecule has 90 valence electrons. The lowest BCUT2D eigenvalue weighted by Crippen LogP contribution is -2.20. The highest BCUT2D eigenvalue weighted by atomic mass is 79.9. The van der Waals surface area contributed by atoms with Crippen molar-refractivity contribution in [3.05, 3.63) is 21.9 Å². The van der Waals surface area contributed by atoms with Crippen molar-refractivity contribution < 1.29 is 4.39 Å². The molecule has 0 fully saturated rings. The van der Waals surface area contributed by atoms with Crippen LogP contribution in [-0.2, 0) is 0 Å². The van der Waals surface area contributed by atoms with Gasteiger partial charge in [0.2, 0.25) is 0 Å². The highest BCUT2D eigenvalue weighted by molar-refractivity contribution is 9.10. The smallest absolute Gasteiger partial charge is 0.142 e. The predicted octanol–water partition coefficient (Wildman–Crippen LogP) is 3.94. The molecule has 1 rings (SSSR count). The quantitative estimate of drug-likeness (QED) is 0.809. The van der Waals surface area contributed by atoms with E-state index in [9.17, 15) is 4.39 Å². The molecule has 0 aliphatic rings. The van der Waals surface area contributed by atoms with Crippen molar-refractivity contribution in [3.8, 4) is 0 Å². The first-order valence-corrected chi connectivity index (χ1v) is 5.99. The monoisotopic (exact) mass is 288 g/mol. The van der Waals surface area contributed by atoms with E-state index < -0.39 is 0 Å². The Morgan fingerprint density at radius 2 is 2.00 bits per heavy atom. The minimum atomic E-state index is -0.259. The van der Waals surface area contributed by atoms with Crippen LogP contribution in [0.4, 0.5) is 15.8 Å². The van der Waals surface area contributed by atoms with E-state index in [1.807, 2.05) is 0 Å². The molecule has 0 aliphatic carbocycles. The van der Waals surface area contributed by atoms with Crippen LogP contribution in [0.3, 0.4) is 0 Å². The van der Waals surface area contributed by atoms with Crippen LogP contribution in [0, 0.1) is 18.2 Å². The Morgan fingerprint density at radius 3 is 2.50 bits per heavy atom. The fraction of sp³-hybridized carbons (Fsp3) is 0.500. The van der Waals surface area contributed by atoms with Crippen molar-refractivity contribution in [2.24, 2.45) is 5.41 Å². The number of hydrogen-bond donors (Lipinski definition) is 2. The van der Waals surface area contributed by atoms with E-state index in [2.05, 4.69) is 42.0 Å². The average molecular weight is 289 g/mol. The third-order valence-electron chi connectivity index (χ3n) is 2.21. The number of rotatable bonds is 2. The Balaban J connectivity index is 3.01. The molecule has 3 N–H and O–H groups in total. The Bertz CT molecular complexity index is 397. The second kappa shape index (κ2) is 4.62. The molecule has 0 amide bonds. The number of benzene rings is 1. The summed E-state index contributed by atoms with van der Waals surface area (Å²) in [7, 11) is 0. The minimum absolute atomic E-state index is 0.118. The molecule has 0 heterocycles. The zero-order chi connectivity index (χ0) is 12.5. The molecule has 1 aromatic carbocycles. The van der Waals surface area contributed by atoms with Crippen LogP contribution in [0.25, 0.3) is 0 Å². The second-order valence-electron chi connectivity index (χ2n) is 5.20. The van der Waals surface area contributed by atoms with Crippen molar-refractivity contribution in [1.82, 2.24) is 0 Å². The van der Waals surface area contributed by atoms with E-state index in [4.69, 9.17) is 5.73 Å². The molecule has 0 aromatic heterocycles. The van der Waals surface area contributed by atoms with Gasteiger partial charge in [-0.3, -0.25) is 0 Å². The summed E-state index contributed by atoms with van der Waals surface area (Å²) in [5, 5.41) is 3.18. The molecule has 0 atom stereocenters. The van der Waals surface area contributed by atoms with E-state index in [1.54, 1.807) is 13.0 Å². The summed E-state index contributed by atoms with van der Waals surface area (Å²) in [5.41, 5.74) is 7.73. The van der Waals surface area contributed by atoms with Crippen LogP contribution in [0.2, 0.25) is 0 Å². The van der Waals surface area contributed by atoms with Crippen molar-refractivity contribution in [2.45, 2.75) is 27.7 Å². The number of hydrogen-bond acceptors (Lipinski definition) is 2. The van der Waals surface area contributed by atoms with Crippen LogP contribution >= 0.6 is 15.9 Å². The molecule has 0 aliphatic heterocycles. The number of nitrogens with two attached hydrogens (primary N) is 1. The van der Waals surface area contributed by atoms with E-state index in [0.29, 0.717) is 21.4 Å². The molecule has 1 aromatic rings. The Labute approximate surface area is 105 Å². The SMILES string of the molecule is Cc1cc(N)c(NCC(C)(C)C)c(Br)c1F. The number of nitrogen functional groups attached to an aromatic ring is 1. The molecular weight excluding hydrogens is 271 g/mol. The fourth-order valence-electron chi connectivity index (χ4n) is 1.31. The molecule has 0 saturated heterocycles. The molecule has 0 saturated carbocycles. The summed E-state index contributed by atoms with van der Waals surface area (Å²) >= 11 is 3.23. The number of nitrogens with one attached hydrogen (secondary N) is 1. The van der Waals surface area contributed by atoms with Gasteiger partial charge in [-0.2, -0.15) is 0 Å². The first-order chi connectivity index (χ1) is 7.22. The first-order valence-electron chi connectivity index (χ1n) is 5.20. The lowest BCUT2D eigenvalue weighted by molar-refractivity contribution is 0.443. The van der Waals surface area contributed by atoms with E-state index in [-0.39, 0.29) is 11.2 Å². The topological polar surface area (TPSA) is 38.0 Å². The maximum Gasteiger partial charge on any atom is 0.142 e. The molecule has 4 heteroatoms. The van der Waals surface area contributed by atoms with Crippen LogP contribution in [0.1, 0.15) is 26.3 Å². The van der Waals surface area contributed by atoms with Crippen LogP contribution in [0.15, 0.2) is 10.5 Å². The van der Waals surface area contributed by atoms with Gasteiger partial charge in [-0.1, -0.05) is 20.8 Å². The zero-order valence-corrected chi connectivity index (χ0v) is 11.7. The van der Waals surface area contributed by atoms with Crippen LogP contribution in [0.5, 0.6) is 0 Å². The van der Waals surface area contributed by atoms with Crippen LogP contribution in [-0.4, -0.2) is 6.54 Å². The Morgan fingerprint density at radius 1 is 1.44 bits per heavy atom. The van der Waals surface area contributed by atoms with Gasteiger partial charge in [-0.05, 0) is 39.9 Å². The maximum absolute atomic E-state index is 13.6. The summed E-state index contributed by atoms with van der Waals surface area (Å²) in [5.74, 6) is -0.259. The van der Waals surface area contributed by atoms with Gasteiger partial charge in [0.25, 0.3) is 0 Å². The molecule has 2 nitrogen and oxygen atoms in total. The summed E-state index contributed by atoms with van der Waals surface area (Å²) in [4.78, 5) is 0. The summed E-state index contributed by atoms with van der Waals surface area (Å²) in [6.45, 7) is 8.75. The lowest BCUT2D eigenvalue weighted by Gasteiger charge is -2.21. The Hall–Kier alpha value is -0.770. The van der Waals surface area contributed by atoms with Gasteiger partial charge in [-0.15, -0.1) is 0 Å². The third-order valence-corrected chi connectivity index (χ3v) is 2.96. The second-order valence-corrected chi connectivity index (χ2v) is 5.99. The van der Waals surface area contributed by atoms with Gasteiger partial charge in [0.15, 0.2) is 0 Å². The largest absolute Gasteiger partial charge is 0.397 e. The van der Waals surface area contributed by atoms with Crippen molar-refractivity contribution >= 4 is 27.3 Å². The van der Waals surface area contributed by atoms with Gasteiger partial charge in [0.1, 0.15) is 5.82 Å². The van der Waals surface area contributed by atoms with Gasteiger partial charge < -0.3 is 11.1 Å². The average Bonchev–Trinajstić information content (AvgIpc) is 2.12. The number of aryl methyl sites for hydroxylation is 1. The molecule has 16 heavy (non-hydrogen) atoms. The normalized spacial score (nSPS) is 11.6. The summed E-state index contributed by atoms with van der Waals surface area (Å²) in [6, 6.07) is 1.64. The van der Waals surface area contributed by atoms with Crippen molar-refractivity contribution in [3.63, 3.8) is 0 Å². The fourth-order valence-corrected chi connectivity index (χ4v) is 1.99. The third kappa shape index (κ3) is 3.11.